The topological polar surface area (TPSA) is 26.3 Å². The summed E-state index contributed by atoms with van der Waals surface area (Å²) in [6, 6.07) is 0. The second kappa shape index (κ2) is 6.76. The van der Waals surface area contributed by atoms with E-state index in [0.717, 1.165) is 30.1 Å². The number of esters is 1. The molecule has 0 aliphatic heterocycles. The van der Waals surface area contributed by atoms with Crippen LogP contribution in [0.4, 0.5) is 0 Å². The van der Waals surface area contributed by atoms with Crippen LogP contribution in [0.1, 0.15) is 71.1 Å². The minimum Gasteiger partial charge on any atom is -0.463 e. The minimum atomic E-state index is -0.292. The van der Waals surface area contributed by atoms with E-state index in [0.29, 0.717) is 12.0 Å². The molecule has 0 spiro atoms. The van der Waals surface area contributed by atoms with Gasteiger partial charge in [-0.15, -0.1) is 0 Å². The van der Waals surface area contributed by atoms with Gasteiger partial charge >= 0.3 is 5.97 Å². The molecule has 3 aliphatic carbocycles. The van der Waals surface area contributed by atoms with Gasteiger partial charge in [0.15, 0.2) is 0 Å². The summed E-state index contributed by atoms with van der Waals surface area (Å²) in [6.07, 6.45) is 15.1. The number of fused-ring (bicyclic) bond motifs is 1. The van der Waals surface area contributed by atoms with Crippen LogP contribution in [-0.2, 0) is 9.53 Å². The smallest absolute Gasteiger partial charge is 0.330 e. The van der Waals surface area contributed by atoms with Crippen LogP contribution in [0.3, 0.4) is 0 Å². The van der Waals surface area contributed by atoms with Crippen molar-refractivity contribution in [1.29, 1.82) is 0 Å². The molecule has 124 valence electrons. The van der Waals surface area contributed by atoms with Gasteiger partial charge in [-0.05, 0) is 74.0 Å². The fraction of sp³-hybridized carbons (Fsp3) is 0.850. The van der Waals surface area contributed by atoms with Crippen molar-refractivity contribution in [3.8, 4) is 0 Å². The highest BCUT2D eigenvalue weighted by atomic mass is 16.5. The summed E-state index contributed by atoms with van der Waals surface area (Å²) in [7, 11) is 0. The van der Waals surface area contributed by atoms with E-state index in [1.807, 2.05) is 0 Å². The number of unbranched alkanes of at least 4 members (excludes halogenated alkanes) is 3. The Labute approximate surface area is 135 Å². The lowest BCUT2D eigenvalue weighted by Gasteiger charge is -2.46. The second-order valence-electron chi connectivity index (χ2n) is 8.51. The molecule has 0 N–H and O–H groups in total. The van der Waals surface area contributed by atoms with Gasteiger partial charge in [0, 0.05) is 6.08 Å². The predicted molar refractivity (Wildman–Crippen MR) is 89.4 cm³/mol. The van der Waals surface area contributed by atoms with Crippen LogP contribution in [0.15, 0.2) is 12.7 Å². The van der Waals surface area contributed by atoms with Crippen LogP contribution in [0.25, 0.3) is 0 Å². The quantitative estimate of drug-likeness (QED) is 0.353. The van der Waals surface area contributed by atoms with E-state index in [4.69, 9.17) is 4.74 Å². The molecule has 0 aromatic carbocycles. The third-order valence-corrected chi connectivity index (χ3v) is 6.68. The lowest BCUT2D eigenvalue weighted by atomic mass is 9.59. The number of carbonyl (C=O) groups excluding carboxylic acids is 1. The third-order valence-electron chi connectivity index (χ3n) is 6.68. The Balaban J connectivity index is 1.31. The SMILES string of the molecule is C=CC(=O)OCCCCCCC1(C)CC2CC3CC(C1)C3C2. The third kappa shape index (κ3) is 3.58. The number of carbonyl (C=O) groups is 1. The highest BCUT2D eigenvalue weighted by Crippen LogP contribution is 2.62. The molecule has 5 atom stereocenters. The summed E-state index contributed by atoms with van der Waals surface area (Å²) < 4.78 is 5.02. The van der Waals surface area contributed by atoms with Gasteiger partial charge in [0.2, 0.25) is 0 Å². The minimum absolute atomic E-state index is 0.292. The zero-order chi connectivity index (χ0) is 15.6. The normalized spacial score (nSPS) is 39.0. The van der Waals surface area contributed by atoms with Crippen molar-refractivity contribution in [2.75, 3.05) is 6.61 Å². The first-order valence-electron chi connectivity index (χ1n) is 9.39. The van der Waals surface area contributed by atoms with Crippen molar-refractivity contribution in [3.05, 3.63) is 12.7 Å². The first-order valence-corrected chi connectivity index (χ1v) is 9.39. The molecule has 0 radical (unpaired) electrons. The lowest BCUT2D eigenvalue weighted by Crippen LogP contribution is -2.36. The van der Waals surface area contributed by atoms with E-state index in [-0.39, 0.29) is 5.97 Å². The Morgan fingerprint density at radius 3 is 2.77 bits per heavy atom. The molecule has 0 saturated heterocycles. The van der Waals surface area contributed by atoms with Gasteiger partial charge in [0.1, 0.15) is 0 Å². The maximum absolute atomic E-state index is 10.9. The highest BCUT2D eigenvalue weighted by Gasteiger charge is 2.52. The maximum Gasteiger partial charge on any atom is 0.330 e. The molecule has 2 nitrogen and oxygen atoms in total. The molecule has 3 saturated carbocycles. The molecule has 22 heavy (non-hydrogen) atoms. The average molecular weight is 304 g/mol. The molecule has 2 bridgehead atoms. The second-order valence-corrected chi connectivity index (χ2v) is 8.51. The predicted octanol–water partition coefficient (Wildman–Crippen LogP) is 5.13. The van der Waals surface area contributed by atoms with E-state index < -0.39 is 0 Å². The molecule has 3 aliphatic rings. The van der Waals surface area contributed by atoms with Crippen molar-refractivity contribution in [1.82, 2.24) is 0 Å². The standard InChI is InChI=1S/C20H32O2/c1-3-19(21)22-9-7-5-4-6-8-20(2)13-15-10-16-12-17(14-20)18(16)11-15/h3,15-18H,1,4-14H2,2H3. The summed E-state index contributed by atoms with van der Waals surface area (Å²) in [5.41, 5.74) is 0.616. The van der Waals surface area contributed by atoms with Crippen molar-refractivity contribution in [2.45, 2.75) is 71.1 Å². The molecular formula is C20H32O2. The van der Waals surface area contributed by atoms with Gasteiger partial charge < -0.3 is 4.74 Å². The van der Waals surface area contributed by atoms with Crippen LogP contribution in [0.5, 0.6) is 0 Å². The first-order chi connectivity index (χ1) is 10.6. The van der Waals surface area contributed by atoms with Crippen molar-refractivity contribution in [2.24, 2.45) is 29.1 Å². The van der Waals surface area contributed by atoms with E-state index in [9.17, 15) is 4.79 Å². The first kappa shape index (κ1) is 16.1. The Kier molecular flexibility index (Phi) is 4.94. The number of hydrogen-bond donors (Lipinski definition) is 0. The molecule has 5 unspecified atom stereocenters. The van der Waals surface area contributed by atoms with Crippen molar-refractivity contribution >= 4 is 5.97 Å². The number of rotatable bonds is 8. The molecule has 0 aromatic heterocycles. The van der Waals surface area contributed by atoms with Crippen molar-refractivity contribution in [3.63, 3.8) is 0 Å². The molecule has 3 fully saturated rings. The molecule has 0 amide bonds. The number of ether oxygens (including phenoxy) is 1. The Bertz CT molecular complexity index is 410. The zero-order valence-electron chi connectivity index (χ0n) is 14.2. The number of hydrogen-bond acceptors (Lipinski definition) is 2. The highest BCUT2D eigenvalue weighted by molar-refractivity contribution is 5.81. The molecule has 0 aromatic rings. The van der Waals surface area contributed by atoms with Gasteiger partial charge in [0.05, 0.1) is 6.61 Å². The van der Waals surface area contributed by atoms with E-state index >= 15 is 0 Å². The molecular weight excluding hydrogens is 272 g/mol. The summed E-state index contributed by atoms with van der Waals surface area (Å²) in [5.74, 6) is 4.07. The fourth-order valence-electron chi connectivity index (χ4n) is 5.75. The van der Waals surface area contributed by atoms with Gasteiger partial charge in [-0.2, -0.15) is 0 Å². The van der Waals surface area contributed by atoms with E-state index in [1.54, 1.807) is 19.3 Å². The largest absolute Gasteiger partial charge is 0.463 e. The summed E-state index contributed by atoms with van der Waals surface area (Å²) in [4.78, 5) is 10.9. The van der Waals surface area contributed by atoms with Crippen molar-refractivity contribution < 1.29 is 9.53 Å². The molecule has 0 heterocycles. The summed E-state index contributed by atoms with van der Waals surface area (Å²) >= 11 is 0. The van der Waals surface area contributed by atoms with Gasteiger partial charge in [-0.3, -0.25) is 0 Å². The lowest BCUT2D eigenvalue weighted by molar-refractivity contribution is -0.137. The Hall–Kier alpha value is -0.790. The van der Waals surface area contributed by atoms with Crippen LogP contribution < -0.4 is 0 Å². The van der Waals surface area contributed by atoms with Crippen LogP contribution in [0.2, 0.25) is 0 Å². The van der Waals surface area contributed by atoms with Gasteiger partial charge in [0.25, 0.3) is 0 Å². The Morgan fingerprint density at radius 1 is 1.14 bits per heavy atom. The van der Waals surface area contributed by atoms with Gasteiger partial charge in [-0.25, -0.2) is 4.79 Å². The maximum atomic E-state index is 10.9. The molecule has 2 heteroatoms. The fourth-order valence-corrected chi connectivity index (χ4v) is 5.75. The van der Waals surface area contributed by atoms with E-state index in [1.165, 1.54) is 44.6 Å². The van der Waals surface area contributed by atoms with Crippen LogP contribution >= 0.6 is 0 Å². The van der Waals surface area contributed by atoms with Crippen LogP contribution in [0, 0.1) is 29.1 Å². The van der Waals surface area contributed by atoms with Crippen LogP contribution in [-0.4, -0.2) is 12.6 Å². The average Bonchev–Trinajstić information content (AvgIpc) is 2.73. The van der Waals surface area contributed by atoms with Gasteiger partial charge in [-0.1, -0.05) is 32.8 Å². The Morgan fingerprint density at radius 2 is 1.95 bits per heavy atom. The zero-order valence-corrected chi connectivity index (χ0v) is 14.2. The van der Waals surface area contributed by atoms with E-state index in [2.05, 4.69) is 13.5 Å². The monoisotopic (exact) mass is 304 g/mol. The summed E-state index contributed by atoms with van der Waals surface area (Å²) in [6.45, 7) is 6.52. The summed E-state index contributed by atoms with van der Waals surface area (Å²) in [5, 5.41) is 0. The molecule has 3 rings (SSSR count).